The average Bonchev–Trinajstić information content (AvgIpc) is 3.33. The van der Waals surface area contributed by atoms with E-state index < -0.39 is 29.2 Å². The minimum atomic E-state index is -0.828. The van der Waals surface area contributed by atoms with Crippen molar-refractivity contribution in [1.29, 1.82) is 0 Å². The molecule has 2 amide bonds. The van der Waals surface area contributed by atoms with Crippen LogP contribution in [0.5, 0.6) is 11.5 Å². The molecule has 1 aromatic heterocycles. The van der Waals surface area contributed by atoms with Crippen LogP contribution in [0.2, 0.25) is 5.02 Å². The summed E-state index contributed by atoms with van der Waals surface area (Å²) in [7, 11) is 2.90. The van der Waals surface area contributed by atoms with Crippen LogP contribution < -0.4 is 14.8 Å². The molecule has 1 N–H and O–H groups in total. The van der Waals surface area contributed by atoms with Crippen molar-refractivity contribution in [2.75, 3.05) is 32.6 Å². The number of hydrogen-bond acceptors (Lipinski definition) is 6. The number of nitrogens with one attached hydrogen (secondary N) is 1. The van der Waals surface area contributed by atoms with Crippen molar-refractivity contribution in [3.63, 3.8) is 0 Å². The van der Waals surface area contributed by atoms with Gasteiger partial charge in [-0.2, -0.15) is 5.10 Å². The molecule has 40 heavy (non-hydrogen) atoms. The summed E-state index contributed by atoms with van der Waals surface area (Å²) in [6.07, 6.45) is 1.84. The summed E-state index contributed by atoms with van der Waals surface area (Å²) >= 11 is 6.27. The Kier molecular flexibility index (Phi) is 8.53. The molecule has 1 saturated heterocycles. The number of ether oxygens (including phenoxy) is 3. The first kappa shape index (κ1) is 29.1. The average molecular weight is 577 g/mol. The molecule has 4 rings (SSSR count). The van der Waals surface area contributed by atoms with E-state index in [0.717, 1.165) is 12.1 Å². The van der Waals surface area contributed by atoms with E-state index in [1.54, 1.807) is 31.7 Å². The molecule has 0 radical (unpaired) electrons. The normalized spacial score (nSPS) is 14.2. The molecule has 2 aromatic carbocycles. The first-order valence-corrected chi connectivity index (χ1v) is 13.0. The molecular formula is C28H31ClF2N4O5. The summed E-state index contributed by atoms with van der Waals surface area (Å²) in [4.78, 5) is 27.8. The Labute approximate surface area is 235 Å². The first-order chi connectivity index (χ1) is 18.9. The predicted octanol–water partition coefficient (Wildman–Crippen LogP) is 6.19. The Morgan fingerprint density at radius 2 is 1.73 bits per heavy atom. The quantitative estimate of drug-likeness (QED) is 0.376. The number of amides is 2. The smallest absolute Gasteiger partial charge is 0.410 e. The zero-order valence-electron chi connectivity index (χ0n) is 22.9. The fourth-order valence-electron chi connectivity index (χ4n) is 4.58. The van der Waals surface area contributed by atoms with Crippen LogP contribution in [0.4, 0.5) is 19.3 Å². The molecule has 0 atom stereocenters. The number of aromatic nitrogens is 2. The van der Waals surface area contributed by atoms with Gasteiger partial charge in [-0.1, -0.05) is 11.6 Å². The highest BCUT2D eigenvalue weighted by Gasteiger charge is 2.33. The Morgan fingerprint density at radius 3 is 2.33 bits per heavy atom. The predicted molar refractivity (Wildman–Crippen MR) is 146 cm³/mol. The molecule has 0 saturated carbocycles. The second-order valence-corrected chi connectivity index (χ2v) is 10.7. The largest absolute Gasteiger partial charge is 0.495 e. The molecule has 0 aliphatic carbocycles. The van der Waals surface area contributed by atoms with Crippen molar-refractivity contribution >= 4 is 29.3 Å². The van der Waals surface area contributed by atoms with Gasteiger partial charge >= 0.3 is 6.09 Å². The molecule has 1 aliphatic heterocycles. The number of hydrogen-bond donors (Lipinski definition) is 1. The number of halogens is 3. The van der Waals surface area contributed by atoms with Crippen LogP contribution in [0.3, 0.4) is 0 Å². The molecule has 1 aliphatic rings. The summed E-state index contributed by atoms with van der Waals surface area (Å²) in [6.45, 7) is 6.11. The van der Waals surface area contributed by atoms with Crippen molar-refractivity contribution in [1.82, 2.24) is 14.7 Å². The molecule has 0 unspecified atom stereocenters. The molecule has 9 nitrogen and oxygen atoms in total. The summed E-state index contributed by atoms with van der Waals surface area (Å²) < 4.78 is 45.9. The van der Waals surface area contributed by atoms with E-state index in [4.69, 9.17) is 25.8 Å². The van der Waals surface area contributed by atoms with E-state index in [-0.39, 0.29) is 22.2 Å². The van der Waals surface area contributed by atoms with Gasteiger partial charge in [0.15, 0.2) is 5.82 Å². The second kappa shape index (κ2) is 11.7. The first-order valence-electron chi connectivity index (χ1n) is 12.7. The second-order valence-electron chi connectivity index (χ2n) is 10.3. The van der Waals surface area contributed by atoms with Crippen molar-refractivity contribution in [3.05, 3.63) is 64.4 Å². The number of carbonyl (C=O) groups is 2. The van der Waals surface area contributed by atoms with E-state index >= 15 is 0 Å². The molecule has 1 fully saturated rings. The van der Waals surface area contributed by atoms with Crippen molar-refractivity contribution in [2.24, 2.45) is 0 Å². The maximum atomic E-state index is 14.9. The van der Waals surface area contributed by atoms with Crippen LogP contribution in [0.15, 0.2) is 36.5 Å². The van der Waals surface area contributed by atoms with Crippen LogP contribution in [0.25, 0.3) is 5.69 Å². The van der Waals surface area contributed by atoms with E-state index in [9.17, 15) is 18.4 Å². The third-order valence-electron chi connectivity index (χ3n) is 6.44. The Hall–Kier alpha value is -3.86. The SMILES string of the molecule is COc1cc(OC)c(NC(=O)c2cnn(-c3ccc(F)cc3F)c2C2CCN(C(=O)OC(C)(C)C)CC2)cc1Cl. The highest BCUT2D eigenvalue weighted by atomic mass is 35.5. The Morgan fingerprint density at radius 1 is 1.05 bits per heavy atom. The molecule has 2 heterocycles. The summed E-state index contributed by atoms with van der Waals surface area (Å²) in [5.74, 6) is -1.67. The lowest BCUT2D eigenvalue weighted by Gasteiger charge is -2.34. The number of nitrogens with zero attached hydrogens (tertiary/aromatic N) is 3. The lowest BCUT2D eigenvalue weighted by atomic mass is 9.90. The minimum absolute atomic E-state index is 0.00454. The van der Waals surface area contributed by atoms with E-state index in [1.165, 1.54) is 37.2 Å². The minimum Gasteiger partial charge on any atom is -0.495 e. The van der Waals surface area contributed by atoms with Crippen molar-refractivity contribution < 1.29 is 32.6 Å². The number of carbonyl (C=O) groups excluding carboxylic acids is 2. The van der Waals surface area contributed by atoms with Crippen LogP contribution >= 0.6 is 11.6 Å². The van der Waals surface area contributed by atoms with E-state index in [1.807, 2.05) is 0 Å². The molecule has 214 valence electrons. The fourth-order valence-corrected chi connectivity index (χ4v) is 4.82. The van der Waals surface area contributed by atoms with Gasteiger partial charge in [0, 0.05) is 31.1 Å². The van der Waals surface area contributed by atoms with Crippen LogP contribution in [0, 0.1) is 11.6 Å². The van der Waals surface area contributed by atoms with Crippen LogP contribution in [-0.4, -0.2) is 59.6 Å². The van der Waals surface area contributed by atoms with Gasteiger partial charge in [0.2, 0.25) is 0 Å². The van der Waals surface area contributed by atoms with Gasteiger partial charge in [-0.3, -0.25) is 4.79 Å². The molecule has 0 spiro atoms. The van der Waals surface area contributed by atoms with Crippen molar-refractivity contribution in [3.8, 4) is 17.2 Å². The summed E-state index contributed by atoms with van der Waals surface area (Å²) in [5.41, 5.74) is 0.280. The number of anilines is 1. The third kappa shape index (κ3) is 6.30. The molecule has 3 aromatic rings. The number of methoxy groups -OCH3 is 2. The van der Waals surface area contributed by atoms with E-state index in [2.05, 4.69) is 10.4 Å². The number of rotatable bonds is 6. The molecule has 0 bridgehead atoms. The lowest BCUT2D eigenvalue weighted by Crippen LogP contribution is -2.41. The Bertz CT molecular complexity index is 1410. The van der Waals surface area contributed by atoms with Gasteiger partial charge in [0.25, 0.3) is 5.91 Å². The zero-order chi connectivity index (χ0) is 29.2. The molecule has 12 heteroatoms. The monoisotopic (exact) mass is 576 g/mol. The Balaban J connectivity index is 1.68. The summed E-state index contributed by atoms with van der Waals surface area (Å²) in [6, 6.07) is 6.20. The van der Waals surface area contributed by atoms with Gasteiger partial charge in [-0.05, 0) is 51.8 Å². The van der Waals surface area contributed by atoms with Gasteiger partial charge < -0.3 is 24.4 Å². The molecular weight excluding hydrogens is 546 g/mol. The highest BCUT2D eigenvalue weighted by molar-refractivity contribution is 6.32. The van der Waals surface area contributed by atoms with Crippen molar-refractivity contribution in [2.45, 2.75) is 45.1 Å². The van der Waals surface area contributed by atoms with Gasteiger partial charge in [0.1, 0.15) is 28.6 Å². The maximum Gasteiger partial charge on any atom is 0.410 e. The fraction of sp³-hybridized carbons (Fsp3) is 0.393. The van der Waals surface area contributed by atoms with Gasteiger partial charge in [-0.25, -0.2) is 18.3 Å². The maximum absolute atomic E-state index is 14.9. The lowest BCUT2D eigenvalue weighted by molar-refractivity contribution is 0.0203. The third-order valence-corrected chi connectivity index (χ3v) is 6.74. The number of piperidine rings is 1. The van der Waals surface area contributed by atoms with Gasteiger partial charge in [-0.15, -0.1) is 0 Å². The number of likely N-dealkylation sites (tertiary alicyclic amines) is 1. The highest BCUT2D eigenvalue weighted by Crippen LogP contribution is 2.37. The van der Waals surface area contributed by atoms with Crippen LogP contribution in [-0.2, 0) is 4.74 Å². The summed E-state index contributed by atoms with van der Waals surface area (Å²) in [5, 5.41) is 7.37. The van der Waals surface area contributed by atoms with Crippen LogP contribution in [0.1, 0.15) is 55.6 Å². The standard InChI is InChI=1S/C28H31ClF2N4O5/c1-28(2,3)40-27(37)34-10-8-16(9-11-34)25-18(15-32-35(25)22-7-6-17(30)12-20(22)31)26(36)33-21-13-19(29)23(38-4)14-24(21)39-5/h6-7,12-16H,8-11H2,1-5H3,(H,33,36). The number of benzene rings is 2. The van der Waals surface area contributed by atoms with Gasteiger partial charge in [0.05, 0.1) is 42.4 Å². The van der Waals surface area contributed by atoms with E-state index in [0.29, 0.717) is 48.8 Å². The zero-order valence-corrected chi connectivity index (χ0v) is 23.6. The topological polar surface area (TPSA) is 94.9 Å².